The first kappa shape index (κ1) is 13.1. The Morgan fingerprint density at radius 1 is 1.00 bits per heavy atom. The average Bonchev–Trinajstić information content (AvgIpc) is 2.42. The fraction of sp³-hybridized carbons (Fsp3) is 0.286. The van der Waals surface area contributed by atoms with Crippen LogP contribution in [0.2, 0.25) is 0 Å². The molecule has 0 saturated heterocycles. The van der Waals surface area contributed by atoms with E-state index in [-0.39, 0.29) is 5.95 Å². The molecule has 0 unspecified atom stereocenters. The molecule has 0 aliphatic heterocycles. The Labute approximate surface area is 112 Å². The molecule has 0 bridgehead atoms. The molecule has 5 heteroatoms. The van der Waals surface area contributed by atoms with Crippen molar-refractivity contribution in [2.24, 2.45) is 0 Å². The maximum atomic E-state index is 5.71. The molecule has 5 nitrogen and oxygen atoms in total. The zero-order chi connectivity index (χ0) is 14.0. The van der Waals surface area contributed by atoms with Crippen molar-refractivity contribution >= 4 is 5.95 Å². The Morgan fingerprint density at radius 2 is 1.68 bits per heavy atom. The predicted molar refractivity (Wildman–Crippen MR) is 74.5 cm³/mol. The number of benzene rings is 1. The first-order chi connectivity index (χ1) is 9.06. The Balaban J connectivity index is 2.59. The monoisotopic (exact) mass is 259 g/mol. The van der Waals surface area contributed by atoms with Crippen LogP contribution < -0.4 is 15.2 Å². The molecule has 100 valence electrons. The van der Waals surface area contributed by atoms with Crippen LogP contribution in [0.25, 0.3) is 11.3 Å². The smallest absolute Gasteiger partial charge is 0.220 e. The lowest BCUT2D eigenvalue weighted by molar-refractivity contribution is 0.355. The zero-order valence-electron chi connectivity index (χ0n) is 11.5. The minimum absolute atomic E-state index is 0.271. The summed E-state index contributed by atoms with van der Waals surface area (Å²) in [6, 6.07) is 5.66. The summed E-state index contributed by atoms with van der Waals surface area (Å²) in [5, 5.41) is 0. The van der Waals surface area contributed by atoms with E-state index in [0.29, 0.717) is 11.5 Å². The Morgan fingerprint density at radius 3 is 2.32 bits per heavy atom. The molecule has 0 aliphatic carbocycles. The molecule has 0 radical (unpaired) electrons. The van der Waals surface area contributed by atoms with Crippen molar-refractivity contribution in [2.75, 3.05) is 20.0 Å². The molecule has 0 spiro atoms. The molecule has 1 heterocycles. The molecule has 19 heavy (non-hydrogen) atoms. The third-order valence-corrected chi connectivity index (χ3v) is 3.06. The lowest BCUT2D eigenvalue weighted by Crippen LogP contribution is -2.02. The topological polar surface area (TPSA) is 70.3 Å². The van der Waals surface area contributed by atoms with Crippen molar-refractivity contribution < 1.29 is 9.47 Å². The standard InChI is InChI=1S/C14H17N3O2/c1-8-9(2)16-14(15)17-13(8)10-5-6-11(18-3)12(7-10)19-4/h5-7H,1-4H3,(H2,15,16,17). The fourth-order valence-corrected chi connectivity index (χ4v) is 1.92. The van der Waals surface area contributed by atoms with E-state index in [1.165, 1.54) is 0 Å². The number of nitrogens with two attached hydrogens (primary N) is 1. The third kappa shape index (κ3) is 2.45. The molecule has 0 atom stereocenters. The largest absolute Gasteiger partial charge is 0.493 e. The van der Waals surface area contributed by atoms with Gasteiger partial charge in [-0.2, -0.15) is 0 Å². The summed E-state index contributed by atoms with van der Waals surface area (Å²) >= 11 is 0. The molecular weight excluding hydrogens is 242 g/mol. The number of aryl methyl sites for hydroxylation is 1. The number of nitrogen functional groups attached to an aromatic ring is 1. The molecule has 2 aromatic rings. The Hall–Kier alpha value is -2.30. The van der Waals surface area contributed by atoms with Crippen LogP contribution in [0.1, 0.15) is 11.3 Å². The molecular formula is C14H17N3O2. The average molecular weight is 259 g/mol. The van der Waals surface area contributed by atoms with E-state index in [1.807, 2.05) is 32.0 Å². The summed E-state index contributed by atoms with van der Waals surface area (Å²) in [5.74, 6) is 1.62. The normalized spacial score (nSPS) is 10.3. The molecule has 1 aromatic carbocycles. The van der Waals surface area contributed by atoms with E-state index in [0.717, 1.165) is 22.5 Å². The van der Waals surface area contributed by atoms with Gasteiger partial charge in [0.15, 0.2) is 11.5 Å². The van der Waals surface area contributed by atoms with E-state index < -0.39 is 0 Å². The van der Waals surface area contributed by atoms with Crippen molar-refractivity contribution in [1.82, 2.24) is 9.97 Å². The van der Waals surface area contributed by atoms with Gasteiger partial charge in [-0.1, -0.05) is 0 Å². The van der Waals surface area contributed by atoms with Crippen LogP contribution >= 0.6 is 0 Å². The van der Waals surface area contributed by atoms with Gasteiger partial charge in [-0.05, 0) is 37.6 Å². The SMILES string of the molecule is COc1ccc(-c2nc(N)nc(C)c2C)cc1OC. The molecule has 2 N–H and O–H groups in total. The number of nitrogens with zero attached hydrogens (tertiary/aromatic N) is 2. The van der Waals surface area contributed by atoms with Crippen molar-refractivity contribution in [3.8, 4) is 22.8 Å². The van der Waals surface area contributed by atoms with Gasteiger partial charge in [0.1, 0.15) is 0 Å². The summed E-state index contributed by atoms with van der Waals surface area (Å²) in [6.45, 7) is 3.89. The van der Waals surface area contributed by atoms with Crippen LogP contribution in [0, 0.1) is 13.8 Å². The number of ether oxygens (including phenoxy) is 2. The molecule has 0 aliphatic rings. The highest BCUT2D eigenvalue weighted by molar-refractivity contribution is 5.68. The van der Waals surface area contributed by atoms with Gasteiger partial charge in [0.2, 0.25) is 5.95 Å². The van der Waals surface area contributed by atoms with Crippen LogP contribution in [0.4, 0.5) is 5.95 Å². The molecule has 1 aromatic heterocycles. The van der Waals surface area contributed by atoms with Gasteiger partial charge in [0.05, 0.1) is 19.9 Å². The summed E-state index contributed by atoms with van der Waals surface area (Å²) in [7, 11) is 3.21. The second-order valence-corrected chi connectivity index (χ2v) is 4.21. The van der Waals surface area contributed by atoms with E-state index in [2.05, 4.69) is 9.97 Å². The van der Waals surface area contributed by atoms with E-state index >= 15 is 0 Å². The van der Waals surface area contributed by atoms with Crippen molar-refractivity contribution in [1.29, 1.82) is 0 Å². The summed E-state index contributed by atoms with van der Waals surface area (Å²) in [6.07, 6.45) is 0. The van der Waals surface area contributed by atoms with Gasteiger partial charge < -0.3 is 15.2 Å². The Kier molecular flexibility index (Phi) is 3.55. The molecule has 0 amide bonds. The van der Waals surface area contributed by atoms with E-state index in [4.69, 9.17) is 15.2 Å². The summed E-state index contributed by atoms with van der Waals surface area (Å²) < 4.78 is 10.5. The van der Waals surface area contributed by atoms with E-state index in [9.17, 15) is 0 Å². The lowest BCUT2D eigenvalue weighted by atomic mass is 10.1. The number of methoxy groups -OCH3 is 2. The summed E-state index contributed by atoms with van der Waals surface area (Å²) in [4.78, 5) is 8.45. The first-order valence-electron chi connectivity index (χ1n) is 5.90. The van der Waals surface area contributed by atoms with Gasteiger partial charge in [-0.15, -0.1) is 0 Å². The van der Waals surface area contributed by atoms with Crippen LogP contribution in [-0.4, -0.2) is 24.2 Å². The molecule has 0 fully saturated rings. The third-order valence-electron chi connectivity index (χ3n) is 3.06. The second kappa shape index (κ2) is 5.14. The van der Waals surface area contributed by atoms with Crippen molar-refractivity contribution in [2.45, 2.75) is 13.8 Å². The zero-order valence-corrected chi connectivity index (χ0v) is 11.5. The number of rotatable bonds is 3. The van der Waals surface area contributed by atoms with Crippen LogP contribution in [0.3, 0.4) is 0 Å². The van der Waals surface area contributed by atoms with Gasteiger partial charge in [-0.25, -0.2) is 9.97 Å². The van der Waals surface area contributed by atoms with Crippen LogP contribution in [-0.2, 0) is 0 Å². The highest BCUT2D eigenvalue weighted by Gasteiger charge is 2.12. The Bertz CT molecular complexity index is 612. The number of hydrogen-bond acceptors (Lipinski definition) is 5. The van der Waals surface area contributed by atoms with Crippen molar-refractivity contribution in [3.05, 3.63) is 29.5 Å². The maximum absolute atomic E-state index is 5.71. The minimum atomic E-state index is 0.271. The maximum Gasteiger partial charge on any atom is 0.220 e. The fourth-order valence-electron chi connectivity index (χ4n) is 1.92. The number of aromatic nitrogens is 2. The van der Waals surface area contributed by atoms with Crippen LogP contribution in [0.5, 0.6) is 11.5 Å². The first-order valence-corrected chi connectivity index (χ1v) is 5.90. The van der Waals surface area contributed by atoms with Gasteiger partial charge >= 0.3 is 0 Å². The summed E-state index contributed by atoms with van der Waals surface area (Å²) in [5.41, 5.74) is 9.32. The quantitative estimate of drug-likeness (QED) is 0.916. The lowest BCUT2D eigenvalue weighted by Gasteiger charge is -2.12. The van der Waals surface area contributed by atoms with Crippen molar-refractivity contribution in [3.63, 3.8) is 0 Å². The second-order valence-electron chi connectivity index (χ2n) is 4.21. The molecule has 0 saturated carbocycles. The molecule has 2 rings (SSSR count). The highest BCUT2D eigenvalue weighted by Crippen LogP contribution is 2.33. The number of anilines is 1. The van der Waals surface area contributed by atoms with Crippen LogP contribution in [0.15, 0.2) is 18.2 Å². The number of hydrogen-bond donors (Lipinski definition) is 1. The minimum Gasteiger partial charge on any atom is -0.493 e. The highest BCUT2D eigenvalue weighted by atomic mass is 16.5. The predicted octanol–water partition coefficient (Wildman–Crippen LogP) is 2.36. The van der Waals surface area contributed by atoms with Gasteiger partial charge in [-0.3, -0.25) is 0 Å². The van der Waals surface area contributed by atoms with E-state index in [1.54, 1.807) is 14.2 Å². The van der Waals surface area contributed by atoms with Gasteiger partial charge in [0.25, 0.3) is 0 Å². The van der Waals surface area contributed by atoms with Gasteiger partial charge in [0, 0.05) is 11.3 Å².